The van der Waals surface area contributed by atoms with Crippen molar-refractivity contribution in [2.75, 3.05) is 6.61 Å². The van der Waals surface area contributed by atoms with E-state index < -0.39 is 23.2 Å². The highest BCUT2D eigenvalue weighted by Gasteiger charge is 2.16. The van der Waals surface area contributed by atoms with Crippen molar-refractivity contribution in [1.82, 2.24) is 0 Å². The van der Waals surface area contributed by atoms with Gasteiger partial charge in [-0.25, -0.2) is 13.6 Å². The Morgan fingerprint density at radius 3 is 2.60 bits per heavy atom. The molecule has 3 nitrogen and oxygen atoms in total. The molecule has 5 heteroatoms. The summed E-state index contributed by atoms with van der Waals surface area (Å²) in [7, 11) is 0. The molecule has 0 aliphatic heterocycles. The number of ether oxygens (including phenoxy) is 1. The first-order valence-electron chi connectivity index (χ1n) is 4.21. The third kappa shape index (κ3) is 2.37. The number of hydrogen-bond donors (Lipinski definition) is 0. The van der Waals surface area contributed by atoms with E-state index in [2.05, 4.69) is 4.74 Å². The Hall–Kier alpha value is -1.78. The van der Waals surface area contributed by atoms with Gasteiger partial charge in [-0.05, 0) is 13.0 Å². The lowest BCUT2D eigenvalue weighted by atomic mass is 10.1. The van der Waals surface area contributed by atoms with Crippen LogP contribution in [0, 0.1) is 11.6 Å². The zero-order valence-corrected chi connectivity index (χ0v) is 7.92. The fourth-order valence-corrected chi connectivity index (χ4v) is 1.02. The fraction of sp³-hybridized carbons (Fsp3) is 0.200. The van der Waals surface area contributed by atoms with Gasteiger partial charge in [0.1, 0.15) is 11.6 Å². The third-order valence-corrected chi connectivity index (χ3v) is 1.71. The van der Waals surface area contributed by atoms with Crippen LogP contribution in [-0.4, -0.2) is 18.9 Å². The minimum atomic E-state index is -1.04. The molecule has 0 atom stereocenters. The van der Waals surface area contributed by atoms with Gasteiger partial charge in [-0.1, -0.05) is 0 Å². The Morgan fingerprint density at radius 2 is 2.07 bits per heavy atom. The molecule has 80 valence electrons. The van der Waals surface area contributed by atoms with Crippen molar-refractivity contribution in [3.8, 4) is 0 Å². The molecule has 0 fully saturated rings. The van der Waals surface area contributed by atoms with Crippen LogP contribution in [0.1, 0.15) is 27.6 Å². The van der Waals surface area contributed by atoms with Crippen molar-refractivity contribution in [2.24, 2.45) is 0 Å². The quantitative estimate of drug-likeness (QED) is 0.570. The van der Waals surface area contributed by atoms with Crippen LogP contribution in [0.25, 0.3) is 0 Å². The summed E-state index contributed by atoms with van der Waals surface area (Å²) < 4.78 is 30.5. The highest BCUT2D eigenvalue weighted by Crippen LogP contribution is 2.14. The molecule has 0 amide bonds. The molecule has 0 aromatic heterocycles. The van der Waals surface area contributed by atoms with E-state index in [1.807, 2.05) is 0 Å². The van der Waals surface area contributed by atoms with E-state index in [1.54, 1.807) is 6.92 Å². The van der Waals surface area contributed by atoms with Crippen LogP contribution in [0.5, 0.6) is 0 Å². The fourth-order valence-electron chi connectivity index (χ4n) is 1.02. The van der Waals surface area contributed by atoms with Gasteiger partial charge in [0.15, 0.2) is 6.29 Å². The van der Waals surface area contributed by atoms with Crippen LogP contribution >= 0.6 is 0 Å². The standard InChI is InChI=1S/C10H8F2O3/c1-2-15-10(14)7-3-6(5-13)8(11)4-9(7)12/h3-5H,2H2,1H3. The maximum absolute atomic E-state index is 13.1. The molecule has 0 unspecified atom stereocenters. The van der Waals surface area contributed by atoms with Crippen molar-refractivity contribution in [3.05, 3.63) is 34.9 Å². The molecule has 0 spiro atoms. The second kappa shape index (κ2) is 4.63. The molecule has 1 aromatic rings. The van der Waals surface area contributed by atoms with Crippen molar-refractivity contribution in [2.45, 2.75) is 6.92 Å². The van der Waals surface area contributed by atoms with Gasteiger partial charge in [-0.3, -0.25) is 4.79 Å². The number of benzene rings is 1. The number of halogens is 2. The van der Waals surface area contributed by atoms with Gasteiger partial charge in [0, 0.05) is 6.07 Å². The monoisotopic (exact) mass is 214 g/mol. The minimum Gasteiger partial charge on any atom is -0.462 e. The normalized spacial score (nSPS) is 9.80. The van der Waals surface area contributed by atoms with Crippen LogP contribution in [0.15, 0.2) is 12.1 Å². The molecule has 0 bridgehead atoms. The lowest BCUT2D eigenvalue weighted by Crippen LogP contribution is -2.08. The van der Waals surface area contributed by atoms with Crippen LogP contribution in [-0.2, 0) is 4.74 Å². The van der Waals surface area contributed by atoms with Crippen molar-refractivity contribution < 1.29 is 23.1 Å². The van der Waals surface area contributed by atoms with Gasteiger partial charge in [-0.15, -0.1) is 0 Å². The van der Waals surface area contributed by atoms with Crippen molar-refractivity contribution in [1.29, 1.82) is 0 Å². The maximum Gasteiger partial charge on any atom is 0.341 e. The number of esters is 1. The van der Waals surface area contributed by atoms with E-state index in [0.717, 1.165) is 6.07 Å². The van der Waals surface area contributed by atoms with E-state index in [9.17, 15) is 18.4 Å². The van der Waals surface area contributed by atoms with E-state index in [1.165, 1.54) is 0 Å². The van der Waals surface area contributed by atoms with Gasteiger partial charge in [-0.2, -0.15) is 0 Å². The van der Waals surface area contributed by atoms with Gasteiger partial charge in [0.2, 0.25) is 0 Å². The summed E-state index contributed by atoms with van der Waals surface area (Å²) in [5.41, 5.74) is -0.820. The van der Waals surface area contributed by atoms with Crippen LogP contribution in [0.2, 0.25) is 0 Å². The largest absolute Gasteiger partial charge is 0.462 e. The zero-order valence-electron chi connectivity index (χ0n) is 7.92. The van der Waals surface area contributed by atoms with E-state index >= 15 is 0 Å². The average molecular weight is 214 g/mol. The van der Waals surface area contributed by atoms with Gasteiger partial charge in [0.25, 0.3) is 0 Å². The molecule has 1 aromatic carbocycles. The predicted molar refractivity (Wildman–Crippen MR) is 47.7 cm³/mol. The minimum absolute atomic E-state index is 0.0755. The molecule has 0 radical (unpaired) electrons. The van der Waals surface area contributed by atoms with Crippen molar-refractivity contribution >= 4 is 12.3 Å². The second-order valence-corrected chi connectivity index (χ2v) is 2.69. The highest BCUT2D eigenvalue weighted by molar-refractivity contribution is 5.92. The summed E-state index contributed by atoms with van der Waals surface area (Å²) in [6, 6.07) is 1.31. The Bertz CT molecular complexity index is 402. The SMILES string of the molecule is CCOC(=O)c1cc(C=O)c(F)cc1F. The van der Waals surface area contributed by atoms with Crippen LogP contribution < -0.4 is 0 Å². The molecule has 0 aliphatic rings. The summed E-state index contributed by atoms with van der Waals surface area (Å²) in [5.74, 6) is -2.97. The number of rotatable bonds is 3. The molecule has 0 saturated heterocycles. The summed E-state index contributed by atoms with van der Waals surface area (Å²) in [6.07, 6.45) is 0.206. The lowest BCUT2D eigenvalue weighted by Gasteiger charge is -2.04. The Balaban J connectivity index is 3.18. The maximum atomic E-state index is 13.1. The Labute approximate surface area is 84.7 Å². The average Bonchev–Trinajstić information content (AvgIpc) is 2.18. The topological polar surface area (TPSA) is 43.4 Å². The number of carbonyl (C=O) groups excluding carboxylic acids is 2. The third-order valence-electron chi connectivity index (χ3n) is 1.71. The number of hydrogen-bond acceptors (Lipinski definition) is 3. The first kappa shape index (κ1) is 11.3. The van der Waals surface area contributed by atoms with Gasteiger partial charge < -0.3 is 4.74 Å². The predicted octanol–water partition coefficient (Wildman–Crippen LogP) is 1.95. The molecular weight excluding hydrogens is 206 g/mol. The molecule has 1 rings (SSSR count). The van der Waals surface area contributed by atoms with Crippen LogP contribution in [0.4, 0.5) is 8.78 Å². The zero-order chi connectivity index (χ0) is 11.4. The summed E-state index contributed by atoms with van der Waals surface area (Å²) >= 11 is 0. The van der Waals surface area contributed by atoms with E-state index in [-0.39, 0.29) is 18.5 Å². The van der Waals surface area contributed by atoms with E-state index in [4.69, 9.17) is 0 Å². The molecule has 0 N–H and O–H groups in total. The first-order chi connectivity index (χ1) is 7.10. The number of carbonyl (C=O) groups is 2. The summed E-state index contributed by atoms with van der Waals surface area (Å²) in [6.45, 7) is 1.63. The number of aldehydes is 1. The first-order valence-corrected chi connectivity index (χ1v) is 4.21. The molecule has 0 aliphatic carbocycles. The van der Waals surface area contributed by atoms with Gasteiger partial charge >= 0.3 is 5.97 Å². The summed E-state index contributed by atoms with van der Waals surface area (Å²) in [4.78, 5) is 21.5. The van der Waals surface area contributed by atoms with E-state index in [0.29, 0.717) is 6.07 Å². The Morgan fingerprint density at radius 1 is 1.40 bits per heavy atom. The summed E-state index contributed by atoms with van der Waals surface area (Å²) in [5, 5.41) is 0. The Kier molecular flexibility index (Phi) is 3.49. The lowest BCUT2D eigenvalue weighted by molar-refractivity contribution is 0.0521. The van der Waals surface area contributed by atoms with Crippen molar-refractivity contribution in [3.63, 3.8) is 0 Å². The highest BCUT2D eigenvalue weighted by atomic mass is 19.1. The smallest absolute Gasteiger partial charge is 0.341 e. The molecule has 15 heavy (non-hydrogen) atoms. The molecule has 0 heterocycles. The second-order valence-electron chi connectivity index (χ2n) is 2.69. The molecule has 0 saturated carbocycles. The van der Waals surface area contributed by atoms with Gasteiger partial charge in [0.05, 0.1) is 17.7 Å². The molecular formula is C10H8F2O3. The van der Waals surface area contributed by atoms with Crippen LogP contribution in [0.3, 0.4) is 0 Å².